The van der Waals surface area contributed by atoms with E-state index in [2.05, 4.69) is 13.1 Å². The molecule has 0 bridgehead atoms. The lowest BCUT2D eigenvalue weighted by molar-refractivity contribution is -0.0253. The highest BCUT2D eigenvalue weighted by atomic mass is 32.3. The zero-order valence-corrected chi connectivity index (χ0v) is 9.90. The van der Waals surface area contributed by atoms with Crippen LogP contribution in [0.3, 0.4) is 0 Å². The van der Waals surface area contributed by atoms with Crippen LogP contribution in [0.15, 0.2) is 0 Å². The van der Waals surface area contributed by atoms with Crippen LogP contribution in [0, 0.1) is 0 Å². The van der Waals surface area contributed by atoms with E-state index in [-0.39, 0.29) is 13.0 Å². The molecule has 0 aromatic heterocycles. The second kappa shape index (κ2) is 6.44. The zero-order chi connectivity index (χ0) is 12.8. The summed E-state index contributed by atoms with van der Waals surface area (Å²) < 4.78 is 69.7. The van der Waals surface area contributed by atoms with Crippen LogP contribution >= 0.6 is 0 Å². The highest BCUT2D eigenvalue weighted by molar-refractivity contribution is 7.81. The predicted molar refractivity (Wildman–Crippen MR) is 50.2 cm³/mol. The van der Waals surface area contributed by atoms with Crippen molar-refractivity contribution in [2.45, 2.75) is 19.4 Å². The molecule has 0 aliphatic heterocycles. The van der Waals surface area contributed by atoms with Gasteiger partial charge < -0.3 is 4.74 Å². The smallest absolute Gasteiger partial charge is 0.351 e. The van der Waals surface area contributed by atoms with Crippen molar-refractivity contribution >= 4 is 20.8 Å². The summed E-state index contributed by atoms with van der Waals surface area (Å²) in [5, 5.41) is 0. The first kappa shape index (κ1) is 15.7. The molecule has 0 heterocycles. The second-order valence-electron chi connectivity index (χ2n) is 2.59. The molecule has 0 saturated heterocycles. The van der Waals surface area contributed by atoms with Crippen molar-refractivity contribution < 1.29 is 39.0 Å². The van der Waals surface area contributed by atoms with Gasteiger partial charge in [0.05, 0.1) is 6.61 Å². The largest absolute Gasteiger partial charge is 0.399 e. The summed E-state index contributed by atoms with van der Waals surface area (Å²) in [6.07, 6.45) is -0.772. The quantitative estimate of drug-likeness (QED) is 0.338. The van der Waals surface area contributed by atoms with E-state index in [4.69, 9.17) is 9.11 Å². The highest BCUT2D eigenvalue weighted by Crippen LogP contribution is 2.03. The van der Waals surface area contributed by atoms with Crippen molar-refractivity contribution in [2.75, 3.05) is 13.4 Å². The molecule has 1 atom stereocenters. The first-order valence-electron chi connectivity index (χ1n) is 3.99. The fourth-order valence-corrected chi connectivity index (χ4v) is 1.39. The van der Waals surface area contributed by atoms with Crippen LogP contribution in [0.4, 0.5) is 0 Å². The molecule has 0 spiro atoms. The van der Waals surface area contributed by atoms with Gasteiger partial charge in [-0.25, -0.2) is 8.37 Å². The maximum Gasteiger partial charge on any atom is 0.399 e. The Morgan fingerprint density at radius 2 is 1.69 bits per heavy atom. The molecule has 98 valence electrons. The third-order valence-corrected chi connectivity index (χ3v) is 2.21. The normalized spacial score (nSPS) is 14.9. The van der Waals surface area contributed by atoms with Gasteiger partial charge in [-0.2, -0.15) is 16.8 Å². The van der Waals surface area contributed by atoms with Gasteiger partial charge in [0.2, 0.25) is 0 Å². The minimum absolute atomic E-state index is 0.200. The van der Waals surface area contributed by atoms with Gasteiger partial charge in [0.25, 0.3) is 0 Å². The molecule has 0 radical (unpaired) electrons. The van der Waals surface area contributed by atoms with Gasteiger partial charge in [-0.05, 0) is 6.42 Å². The Morgan fingerprint density at radius 3 is 2.06 bits per heavy atom. The summed E-state index contributed by atoms with van der Waals surface area (Å²) in [6, 6.07) is 0. The first-order valence-corrected chi connectivity index (χ1v) is 6.72. The summed E-state index contributed by atoms with van der Waals surface area (Å²) in [5.41, 5.74) is 0. The Kier molecular flexibility index (Phi) is 6.32. The fraction of sp³-hybridized carbons (Fsp3) is 1.00. The molecule has 0 saturated carbocycles. The minimum atomic E-state index is -4.60. The molecule has 0 rings (SSSR count). The van der Waals surface area contributed by atoms with Crippen molar-refractivity contribution in [2.24, 2.45) is 0 Å². The third kappa shape index (κ3) is 10.2. The van der Waals surface area contributed by atoms with Crippen LogP contribution in [-0.2, 0) is 33.9 Å². The summed E-state index contributed by atoms with van der Waals surface area (Å²) >= 11 is 0. The minimum Gasteiger partial charge on any atom is -0.351 e. The standard InChI is InChI=1S/C5H12O9S2/c1-2-5(14-16(9,10)11)3-12-4-13-15(6,7)8/h5H,2-4H2,1H3,(H,6,7,8)(H,9,10,11). The van der Waals surface area contributed by atoms with E-state index in [1.165, 1.54) is 0 Å². The van der Waals surface area contributed by atoms with Crippen LogP contribution in [0.1, 0.15) is 13.3 Å². The van der Waals surface area contributed by atoms with Gasteiger partial charge in [0, 0.05) is 0 Å². The van der Waals surface area contributed by atoms with Crippen molar-refractivity contribution in [3.05, 3.63) is 0 Å². The summed E-state index contributed by atoms with van der Waals surface area (Å²) in [5.74, 6) is 0. The lowest BCUT2D eigenvalue weighted by Crippen LogP contribution is -2.23. The SMILES string of the molecule is CCC(COCOS(=O)(=O)O)OS(=O)(=O)O. The van der Waals surface area contributed by atoms with Crippen molar-refractivity contribution in [3.8, 4) is 0 Å². The fourth-order valence-electron chi connectivity index (χ4n) is 0.660. The van der Waals surface area contributed by atoms with Crippen LogP contribution < -0.4 is 0 Å². The average Bonchev–Trinajstić information content (AvgIpc) is 2.06. The van der Waals surface area contributed by atoms with E-state index in [1.54, 1.807) is 6.92 Å². The Bertz CT molecular complexity index is 382. The van der Waals surface area contributed by atoms with Gasteiger partial charge >= 0.3 is 20.8 Å². The van der Waals surface area contributed by atoms with Crippen LogP contribution in [0.25, 0.3) is 0 Å². The van der Waals surface area contributed by atoms with Gasteiger partial charge in [-0.3, -0.25) is 9.11 Å². The van der Waals surface area contributed by atoms with Crippen molar-refractivity contribution in [1.29, 1.82) is 0 Å². The summed E-state index contributed by atoms with van der Waals surface area (Å²) in [7, 11) is -9.19. The number of hydrogen-bond donors (Lipinski definition) is 2. The molecule has 1 unspecified atom stereocenters. The zero-order valence-electron chi connectivity index (χ0n) is 8.27. The van der Waals surface area contributed by atoms with E-state index in [0.29, 0.717) is 0 Å². The van der Waals surface area contributed by atoms with Gasteiger partial charge in [-0.1, -0.05) is 6.92 Å². The molecule has 11 heteroatoms. The van der Waals surface area contributed by atoms with E-state index < -0.39 is 33.7 Å². The Hall–Kier alpha value is -0.300. The van der Waals surface area contributed by atoms with E-state index in [9.17, 15) is 16.8 Å². The van der Waals surface area contributed by atoms with Gasteiger partial charge in [-0.15, -0.1) is 0 Å². The molecule has 0 amide bonds. The molecular weight excluding hydrogens is 268 g/mol. The molecule has 0 fully saturated rings. The lowest BCUT2D eigenvalue weighted by Gasteiger charge is -2.12. The predicted octanol–water partition coefficient (Wildman–Crippen LogP) is -0.622. The third-order valence-electron chi connectivity index (χ3n) is 1.30. The molecule has 0 aliphatic rings. The van der Waals surface area contributed by atoms with Crippen molar-refractivity contribution in [3.63, 3.8) is 0 Å². The number of ether oxygens (including phenoxy) is 1. The lowest BCUT2D eigenvalue weighted by atomic mass is 10.3. The Morgan fingerprint density at radius 1 is 1.12 bits per heavy atom. The Balaban J connectivity index is 3.90. The maximum absolute atomic E-state index is 10.3. The van der Waals surface area contributed by atoms with Gasteiger partial charge in [0.15, 0.2) is 6.79 Å². The van der Waals surface area contributed by atoms with E-state index in [1.807, 2.05) is 0 Å². The molecule has 16 heavy (non-hydrogen) atoms. The van der Waals surface area contributed by atoms with Crippen LogP contribution in [-0.4, -0.2) is 45.4 Å². The maximum atomic E-state index is 10.3. The van der Waals surface area contributed by atoms with Crippen LogP contribution in [0.5, 0.6) is 0 Å². The van der Waals surface area contributed by atoms with Crippen LogP contribution in [0.2, 0.25) is 0 Å². The molecule has 9 nitrogen and oxygen atoms in total. The first-order chi connectivity index (χ1) is 7.14. The van der Waals surface area contributed by atoms with Gasteiger partial charge in [0.1, 0.15) is 6.10 Å². The summed E-state index contributed by atoms with van der Waals surface area (Å²) in [6.45, 7) is 0.443. The van der Waals surface area contributed by atoms with E-state index >= 15 is 0 Å². The molecule has 0 aliphatic carbocycles. The van der Waals surface area contributed by atoms with Crippen molar-refractivity contribution in [1.82, 2.24) is 0 Å². The topological polar surface area (TPSA) is 136 Å². The number of hydrogen-bond acceptors (Lipinski definition) is 7. The highest BCUT2D eigenvalue weighted by Gasteiger charge is 2.16. The average molecular weight is 280 g/mol. The Labute approximate surface area is 93.2 Å². The second-order valence-corrected chi connectivity index (χ2v) is 4.73. The molecular formula is C5H12O9S2. The van der Waals surface area contributed by atoms with E-state index in [0.717, 1.165) is 0 Å². The molecule has 0 aromatic carbocycles. The number of rotatable bonds is 8. The monoisotopic (exact) mass is 280 g/mol. The molecule has 0 aromatic rings. The molecule has 2 N–H and O–H groups in total. The summed E-state index contributed by atoms with van der Waals surface area (Å²) in [4.78, 5) is 0.